The first-order valence-electron chi connectivity index (χ1n) is 32.8. The molecule has 1 fully saturated rings. The Morgan fingerprint density at radius 3 is 1.21 bits per heavy atom. The van der Waals surface area contributed by atoms with E-state index in [1.54, 1.807) is 0 Å². The maximum absolute atomic E-state index is 13.1. The van der Waals surface area contributed by atoms with Crippen LogP contribution in [0.15, 0.2) is 48.6 Å². The molecule has 76 heavy (non-hydrogen) atoms. The quantitative estimate of drug-likeness (QED) is 0.0261. The second kappa shape index (κ2) is 56.4. The standard InChI is InChI=1S/C67H125NO8/c1-3-5-7-9-11-13-15-17-18-19-20-21-22-23-24-25-26-27-28-29-30-31-32-33-34-35-36-37-38-39-40-41-42-43-44-45-47-49-51-53-55-57-63(71)68-60(59-75-67-66(74)65(73)64(72)62(58-69)76-67)61(70)56-54-52-50-48-46-16-14-12-10-8-6-4-2/h5,7,11,13,17-18,20-21,60-62,64-67,69-70,72-74H,3-4,6,8-10,12,14-16,19,22-59H2,1-2H3,(H,68,71)/b7-5-,13-11-,18-17-,21-20-. The minimum absolute atomic E-state index is 0.134. The lowest BCUT2D eigenvalue weighted by molar-refractivity contribution is -0.302. The van der Waals surface area contributed by atoms with Crippen LogP contribution in [0, 0.1) is 0 Å². The fraction of sp³-hybridized carbons (Fsp3) is 0.866. The van der Waals surface area contributed by atoms with Crippen LogP contribution in [0.5, 0.6) is 0 Å². The molecule has 0 saturated carbocycles. The van der Waals surface area contributed by atoms with Gasteiger partial charge in [-0.3, -0.25) is 4.79 Å². The van der Waals surface area contributed by atoms with Crippen molar-refractivity contribution in [3.8, 4) is 0 Å². The van der Waals surface area contributed by atoms with Gasteiger partial charge in [-0.1, -0.05) is 306 Å². The maximum atomic E-state index is 13.1. The summed E-state index contributed by atoms with van der Waals surface area (Å²) in [6.45, 7) is 3.74. The molecule has 0 radical (unpaired) electrons. The van der Waals surface area contributed by atoms with Crippen LogP contribution in [0.1, 0.15) is 316 Å². The van der Waals surface area contributed by atoms with Gasteiger partial charge in [-0.15, -0.1) is 0 Å². The number of allylic oxidation sites excluding steroid dienone is 8. The van der Waals surface area contributed by atoms with Crippen molar-refractivity contribution in [3.05, 3.63) is 48.6 Å². The number of nitrogens with one attached hydrogen (secondary N) is 1. The number of unbranched alkanes of at least 4 members (excludes halogenated alkanes) is 39. The fourth-order valence-corrected chi connectivity index (χ4v) is 10.6. The fourth-order valence-electron chi connectivity index (χ4n) is 10.6. The largest absolute Gasteiger partial charge is 0.394 e. The first-order valence-corrected chi connectivity index (χ1v) is 32.8. The van der Waals surface area contributed by atoms with Gasteiger partial charge in [-0.05, 0) is 51.4 Å². The van der Waals surface area contributed by atoms with Gasteiger partial charge in [0.15, 0.2) is 6.29 Å². The van der Waals surface area contributed by atoms with Crippen LogP contribution in [0.4, 0.5) is 0 Å². The number of amides is 1. The van der Waals surface area contributed by atoms with Crippen LogP contribution in [0.25, 0.3) is 0 Å². The first-order chi connectivity index (χ1) is 37.3. The van der Waals surface area contributed by atoms with Crippen molar-refractivity contribution in [1.29, 1.82) is 0 Å². The Hall–Kier alpha value is -1.85. The van der Waals surface area contributed by atoms with Crippen molar-refractivity contribution < 1.29 is 39.8 Å². The average Bonchev–Trinajstić information content (AvgIpc) is 3.42. The highest BCUT2D eigenvalue weighted by molar-refractivity contribution is 5.76. The summed E-state index contributed by atoms with van der Waals surface area (Å²) in [5, 5.41) is 54.6. The van der Waals surface area contributed by atoms with E-state index >= 15 is 0 Å². The van der Waals surface area contributed by atoms with E-state index in [0.717, 1.165) is 64.2 Å². The van der Waals surface area contributed by atoms with E-state index in [-0.39, 0.29) is 12.5 Å². The Balaban J connectivity index is 1.98. The third-order valence-electron chi connectivity index (χ3n) is 15.7. The molecule has 0 aromatic heterocycles. The third kappa shape index (κ3) is 44.9. The number of aliphatic hydroxyl groups is 5. The van der Waals surface area contributed by atoms with E-state index in [1.807, 2.05) is 0 Å². The van der Waals surface area contributed by atoms with Crippen LogP contribution in [0.2, 0.25) is 0 Å². The lowest BCUT2D eigenvalue weighted by Gasteiger charge is -2.40. The number of ether oxygens (including phenoxy) is 2. The SMILES string of the molecule is CC/C=C\C/C=C\C/C=C\C/C=C\CCCCCCCCCCCCCCCCCCCCCCCCCCCCCCC(=O)NC(COC1OC(CO)C(O)C(O)C1O)C(O)CCCCCCCCCCCCCC. The number of aliphatic hydroxyl groups excluding tert-OH is 5. The lowest BCUT2D eigenvalue weighted by atomic mass is 9.99. The van der Waals surface area contributed by atoms with Crippen molar-refractivity contribution in [2.24, 2.45) is 0 Å². The average molecular weight is 1070 g/mol. The number of rotatable bonds is 57. The summed E-state index contributed by atoms with van der Waals surface area (Å²) in [6.07, 6.45) is 69.1. The highest BCUT2D eigenvalue weighted by atomic mass is 16.7. The van der Waals surface area contributed by atoms with Gasteiger partial charge in [0.25, 0.3) is 0 Å². The second-order valence-corrected chi connectivity index (χ2v) is 22.9. The van der Waals surface area contributed by atoms with Gasteiger partial charge in [0, 0.05) is 6.42 Å². The van der Waals surface area contributed by atoms with E-state index in [0.29, 0.717) is 12.8 Å². The van der Waals surface area contributed by atoms with E-state index < -0.39 is 49.5 Å². The highest BCUT2D eigenvalue weighted by Gasteiger charge is 2.44. The zero-order valence-corrected chi connectivity index (χ0v) is 49.8. The molecule has 9 heteroatoms. The molecule has 446 valence electrons. The molecule has 0 spiro atoms. The monoisotopic (exact) mass is 1070 g/mol. The van der Waals surface area contributed by atoms with Gasteiger partial charge in [0.05, 0.1) is 25.4 Å². The van der Waals surface area contributed by atoms with Crippen LogP contribution in [0.3, 0.4) is 0 Å². The summed E-state index contributed by atoms with van der Waals surface area (Å²) in [6, 6.07) is -0.716. The Morgan fingerprint density at radius 1 is 0.461 bits per heavy atom. The van der Waals surface area contributed by atoms with E-state index in [2.05, 4.69) is 67.8 Å². The molecular weight excluding hydrogens is 947 g/mol. The van der Waals surface area contributed by atoms with Crippen molar-refractivity contribution in [2.45, 2.75) is 358 Å². The molecule has 1 rings (SSSR count). The summed E-state index contributed by atoms with van der Waals surface area (Å²) in [7, 11) is 0. The molecule has 0 aromatic carbocycles. The Kier molecular flexibility index (Phi) is 53.6. The van der Waals surface area contributed by atoms with Crippen LogP contribution in [-0.4, -0.2) is 87.5 Å². The number of carbonyl (C=O) groups excluding carboxylic acids is 1. The minimum atomic E-state index is -1.55. The summed E-state index contributed by atoms with van der Waals surface area (Å²) in [4.78, 5) is 13.1. The Labute approximate surface area is 469 Å². The van der Waals surface area contributed by atoms with Gasteiger partial charge >= 0.3 is 0 Å². The van der Waals surface area contributed by atoms with Crippen LogP contribution < -0.4 is 5.32 Å². The van der Waals surface area contributed by atoms with Gasteiger partial charge < -0.3 is 40.3 Å². The Bertz CT molecular complexity index is 1340. The van der Waals surface area contributed by atoms with Crippen molar-refractivity contribution >= 4 is 5.91 Å². The minimum Gasteiger partial charge on any atom is -0.394 e. The molecule has 9 nitrogen and oxygen atoms in total. The van der Waals surface area contributed by atoms with Gasteiger partial charge in [-0.2, -0.15) is 0 Å². The molecule has 0 bridgehead atoms. The molecule has 7 unspecified atom stereocenters. The second-order valence-electron chi connectivity index (χ2n) is 22.9. The summed E-state index contributed by atoms with van der Waals surface area (Å²) < 4.78 is 11.3. The van der Waals surface area contributed by atoms with Gasteiger partial charge in [-0.25, -0.2) is 0 Å². The van der Waals surface area contributed by atoms with Crippen molar-refractivity contribution in [3.63, 3.8) is 0 Å². The van der Waals surface area contributed by atoms with Gasteiger partial charge in [0.2, 0.25) is 5.91 Å². The molecule has 1 aliphatic heterocycles. The van der Waals surface area contributed by atoms with Crippen LogP contribution >= 0.6 is 0 Å². The molecule has 1 amide bonds. The zero-order valence-electron chi connectivity index (χ0n) is 49.8. The molecule has 7 atom stereocenters. The molecule has 6 N–H and O–H groups in total. The number of hydrogen-bond donors (Lipinski definition) is 6. The summed E-state index contributed by atoms with van der Waals surface area (Å²) >= 11 is 0. The predicted molar refractivity (Wildman–Crippen MR) is 323 cm³/mol. The third-order valence-corrected chi connectivity index (χ3v) is 15.7. The molecule has 1 aliphatic rings. The Morgan fingerprint density at radius 2 is 0.816 bits per heavy atom. The normalized spacial score (nSPS) is 19.1. The molecular formula is C67H125NO8. The lowest BCUT2D eigenvalue weighted by Crippen LogP contribution is -2.60. The number of carbonyl (C=O) groups is 1. The van der Waals surface area contributed by atoms with E-state index in [4.69, 9.17) is 9.47 Å². The molecule has 0 aliphatic carbocycles. The summed E-state index contributed by atoms with van der Waals surface area (Å²) in [5.74, 6) is -0.139. The topological polar surface area (TPSA) is 149 Å². The van der Waals surface area contributed by atoms with Crippen molar-refractivity contribution in [1.82, 2.24) is 5.32 Å². The van der Waals surface area contributed by atoms with E-state index in [9.17, 15) is 30.3 Å². The number of hydrogen-bond acceptors (Lipinski definition) is 8. The summed E-state index contributed by atoms with van der Waals surface area (Å²) in [5.41, 5.74) is 0. The smallest absolute Gasteiger partial charge is 0.220 e. The maximum Gasteiger partial charge on any atom is 0.220 e. The first kappa shape index (κ1) is 72.2. The molecule has 0 aromatic rings. The van der Waals surface area contributed by atoms with Crippen molar-refractivity contribution in [2.75, 3.05) is 13.2 Å². The molecule has 1 saturated heterocycles. The molecule has 1 heterocycles. The zero-order chi connectivity index (χ0) is 55.0. The highest BCUT2D eigenvalue weighted by Crippen LogP contribution is 2.24. The predicted octanol–water partition coefficient (Wildman–Crippen LogP) is 17.2. The van der Waals surface area contributed by atoms with Gasteiger partial charge in [0.1, 0.15) is 24.4 Å². The van der Waals surface area contributed by atoms with E-state index in [1.165, 1.54) is 225 Å². The van der Waals surface area contributed by atoms with Crippen LogP contribution in [-0.2, 0) is 14.3 Å².